The van der Waals surface area contributed by atoms with Crippen LogP contribution in [0.3, 0.4) is 0 Å². The van der Waals surface area contributed by atoms with Gasteiger partial charge in [-0.05, 0) is 18.2 Å². The third-order valence-electron chi connectivity index (χ3n) is 2.39. The van der Waals surface area contributed by atoms with Gasteiger partial charge in [-0.1, -0.05) is 12.1 Å². The molecular weight excluding hydrogens is 232 g/mol. The molecule has 0 aliphatic carbocycles. The van der Waals surface area contributed by atoms with Crippen LogP contribution in [0, 0.1) is 0 Å². The normalized spacial score (nSPS) is 9.83. The lowest BCUT2D eigenvalue weighted by Crippen LogP contribution is -2.28. The van der Waals surface area contributed by atoms with Crippen molar-refractivity contribution in [1.82, 2.24) is 5.32 Å². The highest BCUT2D eigenvalue weighted by molar-refractivity contribution is 5.90. The molecule has 1 aromatic heterocycles. The van der Waals surface area contributed by atoms with Crippen LogP contribution >= 0.6 is 0 Å². The maximum Gasteiger partial charge on any atom is 0.319 e. The summed E-state index contributed by atoms with van der Waals surface area (Å²) in [6.07, 6.45) is 3.15. The van der Waals surface area contributed by atoms with Crippen LogP contribution in [0.5, 0.6) is 5.75 Å². The first-order valence-electron chi connectivity index (χ1n) is 5.48. The van der Waals surface area contributed by atoms with Gasteiger partial charge >= 0.3 is 6.03 Å². The number of benzene rings is 1. The minimum absolute atomic E-state index is 0.291. The standard InChI is InChI=1S/C13H14N2O3/c1-17-12-5-3-2-4-11(12)15-13(16)14-8-10-6-7-18-9-10/h2-7,9H,8H2,1H3,(H2,14,15,16). The molecule has 0 saturated carbocycles. The second-order valence-corrected chi connectivity index (χ2v) is 3.64. The van der Waals surface area contributed by atoms with Crippen molar-refractivity contribution in [1.29, 1.82) is 0 Å². The molecule has 1 heterocycles. The number of nitrogens with one attached hydrogen (secondary N) is 2. The maximum atomic E-state index is 11.7. The van der Waals surface area contributed by atoms with Crippen LogP contribution in [0.4, 0.5) is 10.5 Å². The predicted octanol–water partition coefficient (Wildman–Crippen LogP) is 2.61. The summed E-state index contributed by atoms with van der Waals surface area (Å²) in [5.41, 5.74) is 1.54. The summed E-state index contributed by atoms with van der Waals surface area (Å²) in [5, 5.41) is 5.44. The fraction of sp³-hybridized carbons (Fsp3) is 0.154. The lowest BCUT2D eigenvalue weighted by molar-refractivity contribution is 0.251. The summed E-state index contributed by atoms with van der Waals surface area (Å²) >= 11 is 0. The second kappa shape index (κ2) is 5.77. The fourth-order valence-electron chi connectivity index (χ4n) is 1.49. The van der Waals surface area contributed by atoms with Crippen molar-refractivity contribution in [3.05, 3.63) is 48.4 Å². The molecule has 5 nitrogen and oxygen atoms in total. The maximum absolute atomic E-state index is 11.7. The number of urea groups is 1. The van der Waals surface area contributed by atoms with E-state index in [4.69, 9.17) is 9.15 Å². The molecule has 2 aromatic rings. The van der Waals surface area contributed by atoms with Crippen LogP contribution in [0.15, 0.2) is 47.3 Å². The van der Waals surface area contributed by atoms with Crippen molar-refractivity contribution < 1.29 is 13.9 Å². The molecule has 0 radical (unpaired) electrons. The largest absolute Gasteiger partial charge is 0.495 e. The third-order valence-corrected chi connectivity index (χ3v) is 2.39. The van der Waals surface area contributed by atoms with Gasteiger partial charge in [0.2, 0.25) is 0 Å². The fourth-order valence-corrected chi connectivity index (χ4v) is 1.49. The summed E-state index contributed by atoms with van der Waals surface area (Å²) < 4.78 is 10.0. The van der Waals surface area contributed by atoms with Gasteiger partial charge in [0, 0.05) is 12.1 Å². The van der Waals surface area contributed by atoms with E-state index < -0.39 is 0 Å². The zero-order valence-corrected chi connectivity index (χ0v) is 9.97. The Kier molecular flexibility index (Phi) is 3.86. The average molecular weight is 246 g/mol. The highest BCUT2D eigenvalue weighted by Crippen LogP contribution is 2.22. The Morgan fingerprint density at radius 1 is 1.33 bits per heavy atom. The van der Waals surface area contributed by atoms with Crippen molar-refractivity contribution in [2.45, 2.75) is 6.54 Å². The monoisotopic (exact) mass is 246 g/mol. The van der Waals surface area contributed by atoms with Gasteiger partial charge < -0.3 is 19.8 Å². The Morgan fingerprint density at radius 2 is 2.17 bits per heavy atom. The van der Waals surface area contributed by atoms with Crippen LogP contribution in [0.25, 0.3) is 0 Å². The van der Waals surface area contributed by atoms with Crippen LogP contribution in [-0.4, -0.2) is 13.1 Å². The minimum atomic E-state index is -0.291. The van der Waals surface area contributed by atoms with Crippen LogP contribution in [-0.2, 0) is 6.54 Å². The summed E-state index contributed by atoms with van der Waals surface area (Å²) in [4.78, 5) is 11.7. The lowest BCUT2D eigenvalue weighted by Gasteiger charge is -2.10. The van der Waals surface area contributed by atoms with Crippen LogP contribution in [0.1, 0.15) is 5.56 Å². The molecule has 2 rings (SSSR count). The van der Waals surface area contributed by atoms with Crippen molar-refractivity contribution >= 4 is 11.7 Å². The molecule has 0 bridgehead atoms. The zero-order valence-electron chi connectivity index (χ0n) is 9.97. The van der Waals surface area contributed by atoms with E-state index in [0.29, 0.717) is 18.0 Å². The zero-order chi connectivity index (χ0) is 12.8. The van der Waals surface area contributed by atoms with Crippen molar-refractivity contribution in [2.75, 3.05) is 12.4 Å². The number of carbonyl (C=O) groups excluding carboxylic acids is 1. The molecule has 0 unspecified atom stereocenters. The molecule has 18 heavy (non-hydrogen) atoms. The smallest absolute Gasteiger partial charge is 0.319 e. The number of rotatable bonds is 4. The Hall–Kier alpha value is -2.43. The topological polar surface area (TPSA) is 63.5 Å². The van der Waals surface area contributed by atoms with E-state index in [9.17, 15) is 4.79 Å². The molecule has 2 amide bonds. The number of hydrogen-bond donors (Lipinski definition) is 2. The summed E-state index contributed by atoms with van der Waals surface area (Å²) in [6, 6.07) is 8.73. The molecule has 94 valence electrons. The Balaban J connectivity index is 1.90. The molecule has 0 fully saturated rings. The van der Waals surface area contributed by atoms with Gasteiger partial charge in [-0.25, -0.2) is 4.79 Å². The number of methoxy groups -OCH3 is 1. The summed E-state index contributed by atoms with van der Waals surface area (Å²) in [5.74, 6) is 0.621. The molecular formula is C13H14N2O3. The van der Waals surface area contributed by atoms with Gasteiger partial charge in [0.1, 0.15) is 5.75 Å². The van der Waals surface area contributed by atoms with Gasteiger partial charge in [-0.3, -0.25) is 0 Å². The first-order valence-corrected chi connectivity index (χ1v) is 5.48. The highest BCUT2D eigenvalue weighted by atomic mass is 16.5. The average Bonchev–Trinajstić information content (AvgIpc) is 2.90. The molecule has 0 saturated heterocycles. The molecule has 1 aromatic carbocycles. The van der Waals surface area contributed by atoms with E-state index in [2.05, 4.69) is 10.6 Å². The number of para-hydroxylation sites is 2. The van der Waals surface area contributed by atoms with E-state index >= 15 is 0 Å². The summed E-state index contributed by atoms with van der Waals surface area (Å²) in [6.45, 7) is 0.414. The predicted molar refractivity (Wildman–Crippen MR) is 67.6 cm³/mol. The Labute approximate surface area is 105 Å². The van der Waals surface area contributed by atoms with Gasteiger partial charge in [0.15, 0.2) is 0 Å². The van der Waals surface area contributed by atoms with E-state index in [1.54, 1.807) is 37.8 Å². The highest BCUT2D eigenvalue weighted by Gasteiger charge is 2.06. The molecule has 0 aliphatic rings. The minimum Gasteiger partial charge on any atom is -0.495 e. The molecule has 2 N–H and O–H groups in total. The number of ether oxygens (including phenoxy) is 1. The number of carbonyl (C=O) groups is 1. The van der Waals surface area contributed by atoms with E-state index in [1.807, 2.05) is 12.1 Å². The SMILES string of the molecule is COc1ccccc1NC(=O)NCc1ccoc1. The lowest BCUT2D eigenvalue weighted by atomic mass is 10.3. The summed E-state index contributed by atoms with van der Waals surface area (Å²) in [7, 11) is 1.56. The van der Waals surface area contributed by atoms with Crippen LogP contribution in [0.2, 0.25) is 0 Å². The van der Waals surface area contributed by atoms with Gasteiger partial charge in [0.05, 0.1) is 25.3 Å². The van der Waals surface area contributed by atoms with Crippen molar-refractivity contribution in [3.63, 3.8) is 0 Å². The molecule has 0 aliphatic heterocycles. The first-order chi connectivity index (χ1) is 8.79. The third kappa shape index (κ3) is 3.04. The number of amides is 2. The number of hydrogen-bond acceptors (Lipinski definition) is 3. The van der Waals surface area contributed by atoms with Crippen molar-refractivity contribution in [3.8, 4) is 5.75 Å². The molecule has 0 atom stereocenters. The van der Waals surface area contributed by atoms with Crippen molar-refractivity contribution in [2.24, 2.45) is 0 Å². The van der Waals surface area contributed by atoms with Gasteiger partial charge in [-0.2, -0.15) is 0 Å². The first kappa shape index (κ1) is 12.0. The Bertz CT molecular complexity index is 509. The molecule has 0 spiro atoms. The molecule has 5 heteroatoms. The Morgan fingerprint density at radius 3 is 2.89 bits per heavy atom. The van der Waals surface area contributed by atoms with Gasteiger partial charge in [0.25, 0.3) is 0 Å². The van der Waals surface area contributed by atoms with E-state index in [1.165, 1.54) is 0 Å². The van der Waals surface area contributed by atoms with E-state index in [-0.39, 0.29) is 6.03 Å². The second-order valence-electron chi connectivity index (χ2n) is 3.64. The van der Waals surface area contributed by atoms with Gasteiger partial charge in [-0.15, -0.1) is 0 Å². The quantitative estimate of drug-likeness (QED) is 0.871. The van der Waals surface area contributed by atoms with Crippen LogP contribution < -0.4 is 15.4 Å². The number of anilines is 1. The van der Waals surface area contributed by atoms with E-state index in [0.717, 1.165) is 5.56 Å². The number of furan rings is 1.